The third-order valence-corrected chi connectivity index (χ3v) is 2.12. The molecule has 0 N–H and O–H groups in total. The largest absolute Gasteiger partial charge is 0.465 e. The minimum Gasteiger partial charge on any atom is -0.465 e. The number of hydrogen-bond donors (Lipinski definition) is 0. The van der Waals surface area contributed by atoms with Gasteiger partial charge < -0.3 is 9.53 Å². The van der Waals surface area contributed by atoms with Gasteiger partial charge in [0.2, 0.25) is 0 Å². The van der Waals surface area contributed by atoms with E-state index in [1.54, 1.807) is 0 Å². The summed E-state index contributed by atoms with van der Waals surface area (Å²) in [6.07, 6.45) is 0.227. The summed E-state index contributed by atoms with van der Waals surface area (Å²) in [6, 6.07) is 0. The second-order valence-corrected chi connectivity index (χ2v) is 3.97. The van der Waals surface area contributed by atoms with Crippen molar-refractivity contribution in [3.05, 3.63) is 0 Å². The van der Waals surface area contributed by atoms with Gasteiger partial charge in [0.05, 0.1) is 6.61 Å². The minimum absolute atomic E-state index is 0.0246. The van der Waals surface area contributed by atoms with Gasteiger partial charge in [0.15, 0.2) is 0 Å². The highest BCUT2D eigenvalue weighted by Crippen LogP contribution is 2.19. The van der Waals surface area contributed by atoms with Crippen LogP contribution in [0.25, 0.3) is 0 Å². The molecule has 0 aromatic heterocycles. The average molecular weight is 227 g/mol. The molecular weight excluding hydrogens is 215 g/mol. The van der Waals surface area contributed by atoms with E-state index in [1.807, 2.05) is 0 Å². The van der Waals surface area contributed by atoms with Crippen molar-refractivity contribution in [2.75, 3.05) is 6.61 Å². The quantitative estimate of drug-likeness (QED) is 0.532. The molecule has 0 spiro atoms. The molecule has 5 heteroatoms. The molecule has 0 rings (SSSR count). The molecule has 0 bridgehead atoms. The SMILES string of the molecule is CC(=O)CC(COC(C)=O)C(Cl)Cl. The van der Waals surface area contributed by atoms with Gasteiger partial charge in [0, 0.05) is 19.3 Å². The van der Waals surface area contributed by atoms with Crippen molar-refractivity contribution in [3.8, 4) is 0 Å². The standard InChI is InChI=1S/C8H12Cl2O3/c1-5(11)3-7(8(9)10)4-13-6(2)12/h7-8H,3-4H2,1-2H3. The molecule has 1 unspecified atom stereocenters. The fourth-order valence-electron chi connectivity index (χ4n) is 0.814. The Hall–Kier alpha value is -0.280. The molecule has 3 nitrogen and oxygen atoms in total. The zero-order valence-corrected chi connectivity index (χ0v) is 9.06. The second kappa shape index (κ2) is 6.22. The van der Waals surface area contributed by atoms with E-state index in [0.29, 0.717) is 0 Å². The van der Waals surface area contributed by atoms with E-state index in [9.17, 15) is 9.59 Å². The van der Waals surface area contributed by atoms with Crippen LogP contribution in [0, 0.1) is 5.92 Å². The van der Waals surface area contributed by atoms with Gasteiger partial charge in [-0.1, -0.05) is 0 Å². The van der Waals surface area contributed by atoms with Gasteiger partial charge in [-0.15, -0.1) is 23.2 Å². The molecule has 0 heterocycles. The Balaban J connectivity index is 3.95. The maximum Gasteiger partial charge on any atom is 0.302 e. The Morgan fingerprint density at radius 1 is 1.31 bits per heavy atom. The fraction of sp³-hybridized carbons (Fsp3) is 0.750. The molecule has 76 valence electrons. The van der Waals surface area contributed by atoms with Crippen molar-refractivity contribution in [3.63, 3.8) is 0 Å². The number of alkyl halides is 2. The number of carbonyl (C=O) groups is 2. The van der Waals surface area contributed by atoms with Gasteiger partial charge in [-0.2, -0.15) is 0 Å². The summed E-state index contributed by atoms with van der Waals surface area (Å²) in [6.45, 7) is 2.83. The molecule has 0 saturated carbocycles. The average Bonchev–Trinajstić information content (AvgIpc) is 1.96. The summed E-state index contributed by atoms with van der Waals surface area (Å²) in [5.41, 5.74) is 0. The summed E-state index contributed by atoms with van der Waals surface area (Å²) in [4.78, 5) is 20.5. The minimum atomic E-state index is -0.691. The van der Waals surface area contributed by atoms with Crippen LogP contribution in [0.4, 0.5) is 0 Å². The van der Waals surface area contributed by atoms with Crippen LogP contribution in [0.3, 0.4) is 0 Å². The lowest BCUT2D eigenvalue weighted by Crippen LogP contribution is -2.20. The molecule has 0 aliphatic heterocycles. The van der Waals surface area contributed by atoms with Gasteiger partial charge in [-0.25, -0.2) is 0 Å². The first-order chi connectivity index (χ1) is 5.93. The first-order valence-electron chi connectivity index (χ1n) is 3.84. The maximum absolute atomic E-state index is 10.7. The number of ether oxygens (including phenoxy) is 1. The first-order valence-corrected chi connectivity index (χ1v) is 4.71. The van der Waals surface area contributed by atoms with Crippen LogP contribution in [-0.4, -0.2) is 23.2 Å². The molecule has 0 aliphatic rings. The number of Topliss-reactive ketones (excluding diaryl/α,β-unsaturated/α-hetero) is 1. The van der Waals surface area contributed by atoms with Crippen LogP contribution in [-0.2, 0) is 14.3 Å². The maximum atomic E-state index is 10.7. The van der Waals surface area contributed by atoms with Crippen molar-refractivity contribution in [2.45, 2.75) is 25.1 Å². The third kappa shape index (κ3) is 6.84. The monoisotopic (exact) mass is 226 g/mol. The highest BCUT2D eigenvalue weighted by molar-refractivity contribution is 6.44. The van der Waals surface area contributed by atoms with Gasteiger partial charge in [-0.3, -0.25) is 4.79 Å². The Morgan fingerprint density at radius 3 is 2.15 bits per heavy atom. The molecular formula is C8H12Cl2O3. The predicted octanol–water partition coefficient (Wildman–Crippen LogP) is 1.95. The van der Waals surface area contributed by atoms with Crippen molar-refractivity contribution in [1.82, 2.24) is 0 Å². The van der Waals surface area contributed by atoms with Gasteiger partial charge in [-0.05, 0) is 6.92 Å². The van der Waals surface area contributed by atoms with Crippen LogP contribution in [0.2, 0.25) is 0 Å². The topological polar surface area (TPSA) is 43.4 Å². The number of hydrogen-bond acceptors (Lipinski definition) is 3. The summed E-state index contributed by atoms with van der Waals surface area (Å²) in [5.74, 6) is -0.740. The fourth-order valence-corrected chi connectivity index (χ4v) is 1.14. The summed E-state index contributed by atoms with van der Waals surface area (Å²) in [7, 11) is 0. The molecule has 0 aliphatic carbocycles. The van der Waals surface area contributed by atoms with Crippen molar-refractivity contribution >= 4 is 35.0 Å². The molecule has 0 radical (unpaired) electrons. The van der Waals surface area contributed by atoms with Crippen LogP contribution < -0.4 is 0 Å². The van der Waals surface area contributed by atoms with E-state index in [0.717, 1.165) is 0 Å². The van der Waals surface area contributed by atoms with E-state index in [2.05, 4.69) is 0 Å². The normalized spacial score (nSPS) is 12.7. The van der Waals surface area contributed by atoms with E-state index in [4.69, 9.17) is 27.9 Å². The van der Waals surface area contributed by atoms with Crippen molar-refractivity contribution in [2.24, 2.45) is 5.92 Å². The summed E-state index contributed by atoms with van der Waals surface area (Å²) >= 11 is 11.2. The predicted molar refractivity (Wildman–Crippen MR) is 50.9 cm³/mol. The van der Waals surface area contributed by atoms with E-state index >= 15 is 0 Å². The Morgan fingerprint density at radius 2 is 1.85 bits per heavy atom. The Kier molecular flexibility index (Phi) is 6.08. The Bertz CT molecular complexity index is 192. The van der Waals surface area contributed by atoms with E-state index < -0.39 is 10.8 Å². The molecule has 0 fully saturated rings. The number of carbonyl (C=O) groups excluding carboxylic acids is 2. The third-order valence-electron chi connectivity index (χ3n) is 1.41. The van der Waals surface area contributed by atoms with Crippen LogP contribution in [0.1, 0.15) is 20.3 Å². The molecule has 0 amide bonds. The molecule has 13 heavy (non-hydrogen) atoms. The zero-order valence-electron chi connectivity index (χ0n) is 7.55. The highest BCUT2D eigenvalue weighted by Gasteiger charge is 2.20. The molecule has 0 saturated heterocycles. The zero-order chi connectivity index (χ0) is 10.4. The van der Waals surface area contributed by atoms with Gasteiger partial charge in [0.25, 0.3) is 0 Å². The number of ketones is 1. The van der Waals surface area contributed by atoms with Crippen LogP contribution >= 0.6 is 23.2 Å². The number of esters is 1. The van der Waals surface area contributed by atoms with E-state index in [1.165, 1.54) is 13.8 Å². The lowest BCUT2D eigenvalue weighted by molar-refractivity contribution is -0.142. The smallest absolute Gasteiger partial charge is 0.302 e. The molecule has 0 aromatic rings. The second-order valence-electron chi connectivity index (χ2n) is 2.80. The van der Waals surface area contributed by atoms with E-state index in [-0.39, 0.29) is 24.7 Å². The lowest BCUT2D eigenvalue weighted by atomic mass is 10.1. The van der Waals surface area contributed by atoms with Gasteiger partial charge in [0.1, 0.15) is 10.6 Å². The number of halogens is 2. The first kappa shape index (κ1) is 12.7. The van der Waals surface area contributed by atoms with Crippen molar-refractivity contribution in [1.29, 1.82) is 0 Å². The lowest BCUT2D eigenvalue weighted by Gasteiger charge is -2.15. The van der Waals surface area contributed by atoms with Gasteiger partial charge >= 0.3 is 5.97 Å². The van der Waals surface area contributed by atoms with Crippen molar-refractivity contribution < 1.29 is 14.3 Å². The highest BCUT2D eigenvalue weighted by atomic mass is 35.5. The molecule has 1 atom stereocenters. The van der Waals surface area contributed by atoms with Crippen LogP contribution in [0.15, 0.2) is 0 Å². The number of rotatable bonds is 5. The summed E-state index contributed by atoms with van der Waals surface area (Å²) in [5, 5.41) is 0. The molecule has 0 aromatic carbocycles. The Labute approximate surface area is 87.3 Å². The van der Waals surface area contributed by atoms with Crippen LogP contribution in [0.5, 0.6) is 0 Å². The summed E-state index contributed by atoms with van der Waals surface area (Å²) < 4.78 is 4.71.